The van der Waals surface area contributed by atoms with Crippen LogP contribution in [0.5, 0.6) is 0 Å². The van der Waals surface area contributed by atoms with Crippen molar-refractivity contribution < 1.29 is 19.4 Å². The molecule has 4 rings (SSSR count). The fourth-order valence-corrected chi connectivity index (χ4v) is 4.52. The number of aliphatic hydroxyl groups is 1. The van der Waals surface area contributed by atoms with Gasteiger partial charge in [-0.2, -0.15) is 0 Å². The molecule has 2 atom stereocenters. The zero-order valence-electron chi connectivity index (χ0n) is 16.9. The van der Waals surface area contributed by atoms with E-state index in [0.29, 0.717) is 28.4 Å². The van der Waals surface area contributed by atoms with E-state index in [0.717, 1.165) is 30.8 Å². The number of ether oxygens (including phenoxy) is 1. The highest BCUT2D eigenvalue weighted by molar-refractivity contribution is 7.81. The lowest BCUT2D eigenvalue weighted by Gasteiger charge is -2.25. The largest absolute Gasteiger partial charge is 0.442 e. The second-order valence-corrected chi connectivity index (χ2v) is 8.72. The summed E-state index contributed by atoms with van der Waals surface area (Å²) >= 11 is 11.2. The number of carbonyl (C=O) groups excluding carboxylic acids is 2. The van der Waals surface area contributed by atoms with Gasteiger partial charge in [0.1, 0.15) is 6.10 Å². The molecule has 2 fully saturated rings. The maximum absolute atomic E-state index is 12.4. The van der Waals surface area contributed by atoms with E-state index in [4.69, 9.17) is 28.6 Å². The van der Waals surface area contributed by atoms with Crippen LogP contribution in [0.25, 0.3) is 0 Å². The highest BCUT2D eigenvalue weighted by Crippen LogP contribution is 2.29. The van der Waals surface area contributed by atoms with Crippen LogP contribution in [0.15, 0.2) is 47.0 Å². The molecule has 0 bridgehead atoms. The van der Waals surface area contributed by atoms with Gasteiger partial charge in [-0.15, -0.1) is 0 Å². The Hall–Kier alpha value is -2.42. The van der Waals surface area contributed by atoms with Gasteiger partial charge in [0, 0.05) is 34.2 Å². The topological polar surface area (TPSA) is 82.1 Å². The summed E-state index contributed by atoms with van der Waals surface area (Å²) < 4.78 is 5.42. The molecular formula is C22H24ClN3O4S. The van der Waals surface area contributed by atoms with E-state index in [9.17, 15) is 14.7 Å². The first-order valence-corrected chi connectivity index (χ1v) is 11.1. The van der Waals surface area contributed by atoms with Crippen LogP contribution >= 0.6 is 23.8 Å². The fourth-order valence-electron chi connectivity index (χ4n) is 4.10. The van der Waals surface area contributed by atoms with Crippen molar-refractivity contribution in [1.29, 1.82) is 0 Å². The average Bonchev–Trinajstić information content (AvgIpc) is 3.40. The third-order valence-corrected chi connectivity index (χ3v) is 6.40. The molecule has 0 spiro atoms. The van der Waals surface area contributed by atoms with Crippen LogP contribution < -0.4 is 15.1 Å². The Morgan fingerprint density at radius 2 is 2.03 bits per heavy atom. The van der Waals surface area contributed by atoms with Gasteiger partial charge in [0.05, 0.1) is 31.3 Å². The quantitative estimate of drug-likeness (QED) is 0.634. The molecule has 3 aliphatic rings. The number of nitrogens with one attached hydrogen (secondary N) is 1. The van der Waals surface area contributed by atoms with Crippen LogP contribution in [0.4, 0.5) is 16.2 Å². The van der Waals surface area contributed by atoms with E-state index in [1.807, 2.05) is 24.3 Å². The number of benzene rings is 1. The van der Waals surface area contributed by atoms with Gasteiger partial charge in [0.25, 0.3) is 5.91 Å². The number of nitrogens with zero attached hydrogens (tertiary/aromatic N) is 2. The fraction of sp³-hybridized carbons (Fsp3) is 0.409. The van der Waals surface area contributed by atoms with E-state index in [2.05, 4.69) is 10.2 Å². The van der Waals surface area contributed by atoms with E-state index >= 15 is 0 Å². The second-order valence-electron chi connectivity index (χ2n) is 7.79. The number of aliphatic hydroxyl groups excluding tert-OH is 1. The Labute approximate surface area is 191 Å². The molecule has 0 saturated carbocycles. The maximum Gasteiger partial charge on any atom is 0.414 e. The average molecular weight is 462 g/mol. The molecule has 9 heteroatoms. The third-order valence-electron chi connectivity index (χ3n) is 5.76. The van der Waals surface area contributed by atoms with E-state index in [-0.39, 0.29) is 25.1 Å². The number of halogens is 1. The zero-order chi connectivity index (χ0) is 22.0. The van der Waals surface area contributed by atoms with Gasteiger partial charge in [-0.05, 0) is 43.2 Å². The van der Waals surface area contributed by atoms with Gasteiger partial charge in [0.15, 0.2) is 0 Å². The van der Waals surface area contributed by atoms with Crippen LogP contribution in [-0.4, -0.2) is 60.4 Å². The monoisotopic (exact) mass is 461 g/mol. The Kier molecular flexibility index (Phi) is 6.60. The molecule has 1 aromatic carbocycles. The lowest BCUT2D eigenvalue weighted by atomic mass is 10.0. The summed E-state index contributed by atoms with van der Waals surface area (Å²) in [4.78, 5) is 29.1. The van der Waals surface area contributed by atoms with Crippen LogP contribution in [-0.2, 0) is 9.53 Å². The van der Waals surface area contributed by atoms with Crippen LogP contribution in [0.1, 0.15) is 19.3 Å². The summed E-state index contributed by atoms with van der Waals surface area (Å²) in [6, 6.07) is 7.82. The van der Waals surface area contributed by atoms with Crippen molar-refractivity contribution in [3.05, 3.63) is 47.0 Å². The number of cyclic esters (lactones) is 1. The summed E-state index contributed by atoms with van der Waals surface area (Å²) in [7, 11) is 0. The van der Waals surface area contributed by atoms with E-state index < -0.39 is 12.2 Å². The highest BCUT2D eigenvalue weighted by atomic mass is 35.5. The third kappa shape index (κ3) is 4.76. The number of carbonyl (C=O) groups is 2. The Balaban J connectivity index is 1.34. The smallest absolute Gasteiger partial charge is 0.414 e. The molecule has 1 aromatic rings. The minimum atomic E-state index is -0.461. The lowest BCUT2D eigenvalue weighted by molar-refractivity contribution is -0.117. The van der Waals surface area contributed by atoms with Gasteiger partial charge < -0.3 is 20.1 Å². The molecule has 31 heavy (non-hydrogen) atoms. The van der Waals surface area contributed by atoms with Crippen molar-refractivity contribution in [2.45, 2.75) is 31.4 Å². The van der Waals surface area contributed by atoms with Gasteiger partial charge in [0.2, 0.25) is 0 Å². The predicted octanol–water partition coefficient (Wildman–Crippen LogP) is 2.91. The first-order valence-electron chi connectivity index (χ1n) is 10.3. The Bertz CT molecular complexity index is 947. The summed E-state index contributed by atoms with van der Waals surface area (Å²) in [5.41, 5.74) is 2.14. The molecule has 2 amide bonds. The highest BCUT2D eigenvalue weighted by Gasteiger charge is 2.33. The molecule has 2 aliphatic heterocycles. The number of hydrogen-bond acceptors (Lipinski definition) is 6. The van der Waals surface area contributed by atoms with Crippen LogP contribution in [0, 0.1) is 0 Å². The number of allylic oxidation sites excluding steroid dienone is 3. The second kappa shape index (κ2) is 9.38. The predicted molar refractivity (Wildman–Crippen MR) is 124 cm³/mol. The molecule has 7 nitrogen and oxygen atoms in total. The van der Waals surface area contributed by atoms with Gasteiger partial charge in [-0.3, -0.25) is 9.69 Å². The number of hydrogen-bond donors (Lipinski definition) is 2. The van der Waals surface area contributed by atoms with Crippen LogP contribution in [0.2, 0.25) is 0 Å². The Morgan fingerprint density at radius 1 is 1.29 bits per heavy atom. The minimum absolute atomic E-state index is 0.137. The number of amides is 2. The summed E-state index contributed by atoms with van der Waals surface area (Å²) in [6.45, 7) is 1.58. The molecule has 2 unspecified atom stereocenters. The van der Waals surface area contributed by atoms with E-state index in [1.165, 1.54) is 0 Å². The van der Waals surface area contributed by atoms with Gasteiger partial charge >= 0.3 is 6.09 Å². The summed E-state index contributed by atoms with van der Waals surface area (Å²) in [5, 5.41) is 12.8. The molecule has 2 N–H and O–H groups in total. The van der Waals surface area contributed by atoms with Gasteiger partial charge in [-0.1, -0.05) is 29.9 Å². The number of rotatable bonds is 6. The minimum Gasteiger partial charge on any atom is -0.442 e. The molecule has 164 valence electrons. The zero-order valence-corrected chi connectivity index (χ0v) is 18.5. The molecule has 0 radical (unpaired) electrons. The summed E-state index contributed by atoms with van der Waals surface area (Å²) in [5.74, 6) is -0.320. The normalized spacial score (nSPS) is 23.5. The van der Waals surface area contributed by atoms with Gasteiger partial charge in [-0.25, -0.2) is 4.79 Å². The van der Waals surface area contributed by atoms with Crippen LogP contribution in [0.3, 0.4) is 0 Å². The van der Waals surface area contributed by atoms with Crippen molar-refractivity contribution in [3.63, 3.8) is 0 Å². The SMILES string of the molecule is O=C(NCC1CN(c2ccc(N3CCCC3CO)cc2)C(=O)O1)C1=CC(Cl)=CCC1=S. The number of thiocarbonyl (C=S) groups is 1. The molecule has 1 aliphatic carbocycles. The summed E-state index contributed by atoms with van der Waals surface area (Å²) in [6.07, 6.45) is 4.91. The Morgan fingerprint density at radius 3 is 2.77 bits per heavy atom. The van der Waals surface area contributed by atoms with E-state index in [1.54, 1.807) is 17.1 Å². The lowest BCUT2D eigenvalue weighted by Crippen LogP contribution is -2.36. The first kappa shape index (κ1) is 21.8. The van der Waals surface area contributed by atoms with Crippen molar-refractivity contribution in [2.24, 2.45) is 0 Å². The van der Waals surface area contributed by atoms with Crippen molar-refractivity contribution in [2.75, 3.05) is 36.0 Å². The first-order chi connectivity index (χ1) is 15.0. The van der Waals surface area contributed by atoms with Crippen molar-refractivity contribution in [1.82, 2.24) is 5.32 Å². The molecule has 2 heterocycles. The molecule has 2 saturated heterocycles. The maximum atomic E-state index is 12.4. The van der Waals surface area contributed by atoms with Crippen molar-refractivity contribution in [3.8, 4) is 0 Å². The number of anilines is 2. The van der Waals surface area contributed by atoms with Crippen molar-refractivity contribution >= 4 is 52.1 Å². The molecule has 0 aromatic heterocycles. The standard InChI is InChI=1S/C22H24ClN3O4S/c23-14-3-8-20(31)19(10-14)21(28)24-11-18-12-26(22(29)30-18)16-6-4-15(5-7-16)25-9-1-2-17(25)13-27/h3-7,10,17-18,27H,1-2,8-9,11-13H2,(H,24,28). The molecular weight excluding hydrogens is 438 g/mol.